The maximum Gasteiger partial charge on any atom is 0.257 e. The third-order valence-corrected chi connectivity index (χ3v) is 2.79. The molecule has 0 aliphatic heterocycles. The standard InChI is InChI=1S/C13H14F2N4O/c1-8-2-3-10(14)11(12(8)15)13(20)17-4-5-19-7-9(16)6-18-19/h2-3,6-7H,4-5,16H2,1H3,(H,17,20). The van der Waals surface area contributed by atoms with Gasteiger partial charge in [0.25, 0.3) is 5.91 Å². The zero-order chi connectivity index (χ0) is 14.7. The highest BCUT2D eigenvalue weighted by Gasteiger charge is 2.18. The van der Waals surface area contributed by atoms with Gasteiger partial charge in [-0.25, -0.2) is 8.78 Å². The Balaban J connectivity index is 2.00. The van der Waals surface area contributed by atoms with Crippen molar-refractivity contribution in [3.8, 4) is 0 Å². The van der Waals surface area contributed by atoms with E-state index in [0.717, 1.165) is 6.07 Å². The number of benzene rings is 1. The molecule has 1 aromatic carbocycles. The van der Waals surface area contributed by atoms with Crippen molar-refractivity contribution in [2.24, 2.45) is 0 Å². The number of halogens is 2. The van der Waals surface area contributed by atoms with Crippen LogP contribution in [0.1, 0.15) is 15.9 Å². The first-order valence-electron chi connectivity index (χ1n) is 5.99. The van der Waals surface area contributed by atoms with Gasteiger partial charge in [-0.05, 0) is 18.6 Å². The van der Waals surface area contributed by atoms with Crippen LogP contribution in [0, 0.1) is 18.6 Å². The average Bonchev–Trinajstić information content (AvgIpc) is 2.80. The smallest absolute Gasteiger partial charge is 0.257 e. The van der Waals surface area contributed by atoms with Gasteiger partial charge >= 0.3 is 0 Å². The summed E-state index contributed by atoms with van der Waals surface area (Å²) in [4.78, 5) is 11.8. The second-order valence-corrected chi connectivity index (χ2v) is 4.35. The number of rotatable bonds is 4. The molecule has 7 heteroatoms. The van der Waals surface area contributed by atoms with E-state index < -0.39 is 23.1 Å². The number of nitrogens with zero attached hydrogens (tertiary/aromatic N) is 2. The second kappa shape index (κ2) is 5.68. The van der Waals surface area contributed by atoms with Crippen LogP contribution < -0.4 is 11.1 Å². The zero-order valence-electron chi connectivity index (χ0n) is 10.9. The number of amides is 1. The van der Waals surface area contributed by atoms with E-state index in [1.54, 1.807) is 6.20 Å². The first-order valence-corrected chi connectivity index (χ1v) is 5.99. The molecule has 0 bridgehead atoms. The Morgan fingerprint density at radius 3 is 2.85 bits per heavy atom. The summed E-state index contributed by atoms with van der Waals surface area (Å²) >= 11 is 0. The molecule has 0 aliphatic carbocycles. The molecule has 0 saturated heterocycles. The van der Waals surface area contributed by atoms with Crippen LogP contribution in [0.2, 0.25) is 0 Å². The number of nitrogens with one attached hydrogen (secondary N) is 1. The molecule has 20 heavy (non-hydrogen) atoms. The van der Waals surface area contributed by atoms with Gasteiger partial charge in [0.15, 0.2) is 0 Å². The summed E-state index contributed by atoms with van der Waals surface area (Å²) < 4.78 is 28.8. The van der Waals surface area contributed by atoms with E-state index in [4.69, 9.17) is 5.73 Å². The highest BCUT2D eigenvalue weighted by molar-refractivity contribution is 5.94. The Labute approximate surface area is 114 Å². The molecule has 0 fully saturated rings. The molecule has 0 unspecified atom stereocenters. The molecule has 2 rings (SSSR count). The molecule has 1 heterocycles. The molecule has 3 N–H and O–H groups in total. The fourth-order valence-corrected chi connectivity index (χ4v) is 1.74. The lowest BCUT2D eigenvalue weighted by Crippen LogP contribution is -2.29. The minimum atomic E-state index is -0.881. The SMILES string of the molecule is Cc1ccc(F)c(C(=O)NCCn2cc(N)cn2)c1F. The van der Waals surface area contributed by atoms with Crippen LogP contribution in [0.5, 0.6) is 0 Å². The Bertz CT molecular complexity index is 639. The molecular formula is C13H14F2N4O. The van der Waals surface area contributed by atoms with Crippen molar-refractivity contribution >= 4 is 11.6 Å². The fraction of sp³-hybridized carbons (Fsp3) is 0.231. The predicted molar refractivity (Wildman–Crippen MR) is 70.1 cm³/mol. The second-order valence-electron chi connectivity index (χ2n) is 4.35. The first kappa shape index (κ1) is 14.0. The number of hydrogen-bond donors (Lipinski definition) is 2. The number of carbonyl (C=O) groups excluding carboxylic acids is 1. The van der Waals surface area contributed by atoms with Gasteiger partial charge in [-0.2, -0.15) is 5.10 Å². The Morgan fingerprint density at radius 1 is 1.45 bits per heavy atom. The van der Waals surface area contributed by atoms with Crippen molar-refractivity contribution in [2.75, 3.05) is 12.3 Å². The lowest BCUT2D eigenvalue weighted by atomic mass is 10.1. The Kier molecular flexibility index (Phi) is 3.97. The van der Waals surface area contributed by atoms with Gasteiger partial charge < -0.3 is 11.1 Å². The summed E-state index contributed by atoms with van der Waals surface area (Å²) in [6.45, 7) is 2.02. The van der Waals surface area contributed by atoms with Crippen LogP contribution in [0.4, 0.5) is 14.5 Å². The molecule has 1 amide bonds. The molecule has 0 saturated carbocycles. The molecule has 106 valence electrons. The van der Waals surface area contributed by atoms with Gasteiger partial charge in [-0.15, -0.1) is 0 Å². The number of anilines is 1. The highest BCUT2D eigenvalue weighted by Crippen LogP contribution is 2.15. The van der Waals surface area contributed by atoms with Gasteiger partial charge in [-0.3, -0.25) is 9.48 Å². The van der Waals surface area contributed by atoms with Crippen LogP contribution in [0.3, 0.4) is 0 Å². The lowest BCUT2D eigenvalue weighted by molar-refractivity contribution is 0.0943. The monoisotopic (exact) mass is 280 g/mol. The number of aryl methyl sites for hydroxylation is 1. The molecule has 5 nitrogen and oxygen atoms in total. The van der Waals surface area contributed by atoms with Gasteiger partial charge in [-0.1, -0.05) is 6.07 Å². The van der Waals surface area contributed by atoms with Gasteiger partial charge in [0.05, 0.1) is 18.4 Å². The predicted octanol–water partition coefficient (Wildman–Crippen LogP) is 1.48. The summed E-state index contributed by atoms with van der Waals surface area (Å²) in [5, 5.41) is 6.37. The van der Waals surface area contributed by atoms with E-state index in [-0.39, 0.29) is 12.1 Å². The number of nitrogens with two attached hydrogens (primary N) is 1. The third-order valence-electron chi connectivity index (χ3n) is 2.79. The van der Waals surface area contributed by atoms with Crippen LogP contribution in [-0.2, 0) is 6.54 Å². The first-order chi connectivity index (χ1) is 9.49. The Morgan fingerprint density at radius 2 is 2.20 bits per heavy atom. The topological polar surface area (TPSA) is 72.9 Å². The third kappa shape index (κ3) is 2.93. The lowest BCUT2D eigenvalue weighted by Gasteiger charge is -2.08. The van der Waals surface area contributed by atoms with Gasteiger partial charge in [0.1, 0.15) is 17.2 Å². The minimum absolute atomic E-state index is 0.187. The number of aromatic nitrogens is 2. The van der Waals surface area contributed by atoms with Crippen LogP contribution in [0.25, 0.3) is 0 Å². The summed E-state index contributed by atoms with van der Waals surface area (Å²) in [5.41, 5.74) is 5.65. The van der Waals surface area contributed by atoms with Crippen molar-refractivity contribution < 1.29 is 13.6 Å². The van der Waals surface area contributed by atoms with E-state index in [0.29, 0.717) is 12.2 Å². The zero-order valence-corrected chi connectivity index (χ0v) is 10.9. The van der Waals surface area contributed by atoms with Crippen molar-refractivity contribution in [1.29, 1.82) is 0 Å². The van der Waals surface area contributed by atoms with Crippen LogP contribution >= 0.6 is 0 Å². The average molecular weight is 280 g/mol. The number of hydrogen-bond acceptors (Lipinski definition) is 3. The van der Waals surface area contributed by atoms with E-state index in [2.05, 4.69) is 10.4 Å². The summed E-state index contributed by atoms with van der Waals surface area (Å²) in [7, 11) is 0. The van der Waals surface area contributed by atoms with Crippen molar-refractivity contribution in [1.82, 2.24) is 15.1 Å². The molecule has 0 spiro atoms. The molecule has 0 radical (unpaired) electrons. The molecule has 0 atom stereocenters. The summed E-state index contributed by atoms with van der Waals surface area (Å²) in [5.74, 6) is -2.51. The summed E-state index contributed by atoms with van der Waals surface area (Å²) in [6.07, 6.45) is 3.07. The minimum Gasteiger partial charge on any atom is -0.396 e. The van der Waals surface area contributed by atoms with Crippen molar-refractivity contribution in [3.63, 3.8) is 0 Å². The van der Waals surface area contributed by atoms with Crippen molar-refractivity contribution in [3.05, 3.63) is 47.3 Å². The van der Waals surface area contributed by atoms with Gasteiger partial charge in [0.2, 0.25) is 0 Å². The molecule has 0 aliphatic rings. The van der Waals surface area contributed by atoms with E-state index in [1.165, 1.54) is 23.9 Å². The molecular weight excluding hydrogens is 266 g/mol. The fourth-order valence-electron chi connectivity index (χ4n) is 1.74. The highest BCUT2D eigenvalue weighted by atomic mass is 19.1. The van der Waals surface area contributed by atoms with E-state index in [9.17, 15) is 13.6 Å². The van der Waals surface area contributed by atoms with Crippen LogP contribution in [-0.4, -0.2) is 22.2 Å². The molecule has 2 aromatic rings. The van der Waals surface area contributed by atoms with Crippen molar-refractivity contribution in [2.45, 2.75) is 13.5 Å². The summed E-state index contributed by atoms with van der Waals surface area (Å²) in [6, 6.07) is 2.36. The quantitative estimate of drug-likeness (QED) is 0.891. The normalized spacial score (nSPS) is 10.6. The maximum absolute atomic E-state index is 13.7. The van der Waals surface area contributed by atoms with E-state index >= 15 is 0 Å². The van der Waals surface area contributed by atoms with Gasteiger partial charge in [0, 0.05) is 12.7 Å². The largest absolute Gasteiger partial charge is 0.396 e. The maximum atomic E-state index is 13.7. The van der Waals surface area contributed by atoms with Crippen LogP contribution in [0.15, 0.2) is 24.5 Å². The van der Waals surface area contributed by atoms with E-state index in [1.807, 2.05) is 0 Å². The number of nitrogen functional groups attached to an aromatic ring is 1. The number of carbonyl (C=O) groups is 1. The Hall–Kier alpha value is -2.44. The molecule has 1 aromatic heterocycles.